The highest BCUT2D eigenvalue weighted by Crippen LogP contribution is 2.31. The Labute approximate surface area is 93.6 Å². The van der Waals surface area contributed by atoms with Crippen LogP contribution in [-0.2, 0) is 6.18 Å². The monoisotopic (exact) mass is 290 g/mol. The highest BCUT2D eigenvalue weighted by atomic mass is 79.9. The largest absolute Gasteiger partial charge is 0.416 e. The molecular formula is C7H7BrClF3N2. The van der Waals surface area contributed by atoms with Crippen LogP contribution in [0.1, 0.15) is 5.56 Å². The molecule has 1 rings (SSSR count). The number of hydrogen-bond acceptors (Lipinski definition) is 2. The summed E-state index contributed by atoms with van der Waals surface area (Å²) in [6.07, 6.45) is -4.33. The molecule has 0 aliphatic heterocycles. The van der Waals surface area contributed by atoms with E-state index in [1.54, 1.807) is 0 Å². The molecule has 0 bridgehead atoms. The lowest BCUT2D eigenvalue weighted by molar-refractivity contribution is -0.137. The molecule has 2 N–H and O–H groups in total. The van der Waals surface area contributed by atoms with E-state index < -0.39 is 11.7 Å². The molecular weight excluding hydrogens is 284 g/mol. The molecule has 0 aliphatic rings. The predicted molar refractivity (Wildman–Crippen MR) is 54.3 cm³/mol. The van der Waals surface area contributed by atoms with Gasteiger partial charge in [-0.15, -0.1) is 12.4 Å². The number of alkyl halides is 3. The van der Waals surface area contributed by atoms with Crippen LogP contribution >= 0.6 is 28.6 Å². The number of rotatable bonds is 1. The summed E-state index contributed by atoms with van der Waals surface area (Å²) in [6.45, 7) is 0. The van der Waals surface area contributed by atoms with Gasteiger partial charge in [-0.2, -0.15) is 13.2 Å². The molecule has 14 heavy (non-hydrogen) atoms. The van der Waals surface area contributed by atoms with Gasteiger partial charge < -0.3 is 0 Å². The first-order valence-corrected chi connectivity index (χ1v) is 4.00. The fourth-order valence-corrected chi connectivity index (χ4v) is 1.04. The Morgan fingerprint density at radius 2 is 1.86 bits per heavy atom. The molecule has 0 saturated carbocycles. The summed E-state index contributed by atoms with van der Waals surface area (Å²) >= 11 is 2.83. The van der Waals surface area contributed by atoms with Gasteiger partial charge in [-0.1, -0.05) is 6.07 Å². The molecule has 0 aliphatic carbocycles. The fraction of sp³-hybridized carbons (Fsp3) is 0.143. The van der Waals surface area contributed by atoms with E-state index in [4.69, 9.17) is 5.84 Å². The third-order valence-electron chi connectivity index (χ3n) is 1.42. The van der Waals surface area contributed by atoms with Crippen LogP contribution in [0, 0.1) is 0 Å². The summed E-state index contributed by atoms with van der Waals surface area (Å²) < 4.78 is 37.4. The van der Waals surface area contributed by atoms with Crippen molar-refractivity contribution in [2.24, 2.45) is 5.84 Å². The van der Waals surface area contributed by atoms with Crippen LogP contribution in [0.15, 0.2) is 24.3 Å². The number of hydrogen-bond donors (Lipinski definition) is 1. The van der Waals surface area contributed by atoms with Gasteiger partial charge in [0.15, 0.2) is 0 Å². The van der Waals surface area contributed by atoms with Crippen LogP contribution < -0.4 is 9.88 Å². The van der Waals surface area contributed by atoms with Crippen LogP contribution in [-0.4, -0.2) is 0 Å². The van der Waals surface area contributed by atoms with Gasteiger partial charge in [0.25, 0.3) is 0 Å². The standard InChI is InChI=1S/C7H6BrF3N2.ClH/c8-13(12)6-3-1-2-5(4-6)7(9,10)11;/h1-4H,12H2;1H. The van der Waals surface area contributed by atoms with Crippen LogP contribution in [0.25, 0.3) is 0 Å². The Kier molecular flexibility index (Phi) is 4.70. The molecule has 2 nitrogen and oxygen atoms in total. The van der Waals surface area contributed by atoms with Crippen LogP contribution in [0.3, 0.4) is 0 Å². The molecule has 0 amide bonds. The summed E-state index contributed by atoms with van der Waals surface area (Å²) in [5, 5.41) is 0. The van der Waals surface area contributed by atoms with Gasteiger partial charge in [-0.25, -0.2) is 9.88 Å². The minimum Gasteiger partial charge on any atom is -0.245 e. The second-order valence-electron chi connectivity index (χ2n) is 2.36. The Morgan fingerprint density at radius 3 is 2.29 bits per heavy atom. The third-order valence-corrected chi connectivity index (χ3v) is 1.83. The summed E-state index contributed by atoms with van der Waals surface area (Å²) in [5.74, 6) is 5.21. The van der Waals surface area contributed by atoms with Crippen molar-refractivity contribution >= 4 is 34.2 Å². The molecule has 7 heteroatoms. The highest BCUT2D eigenvalue weighted by Gasteiger charge is 2.30. The Bertz CT molecular complexity index is 303. The maximum absolute atomic E-state index is 12.2. The number of hydrazine groups is 1. The summed E-state index contributed by atoms with van der Waals surface area (Å²) in [5.41, 5.74) is -0.477. The van der Waals surface area contributed by atoms with Crippen LogP contribution in [0.5, 0.6) is 0 Å². The molecule has 0 aromatic heterocycles. The van der Waals surface area contributed by atoms with Gasteiger partial charge >= 0.3 is 6.18 Å². The van der Waals surface area contributed by atoms with Gasteiger partial charge in [0.1, 0.15) is 0 Å². The molecule has 0 spiro atoms. The van der Waals surface area contributed by atoms with Gasteiger partial charge in [-0.05, 0) is 18.2 Å². The normalized spacial score (nSPS) is 10.6. The number of nitrogens with two attached hydrogens (primary N) is 1. The zero-order valence-corrected chi connectivity index (χ0v) is 9.16. The van der Waals surface area contributed by atoms with E-state index >= 15 is 0 Å². The zero-order chi connectivity index (χ0) is 10.1. The number of halogens is 5. The quantitative estimate of drug-likeness (QED) is 0.489. The first kappa shape index (κ1) is 13.5. The Morgan fingerprint density at radius 1 is 1.29 bits per heavy atom. The van der Waals surface area contributed by atoms with Crippen molar-refractivity contribution in [1.82, 2.24) is 0 Å². The van der Waals surface area contributed by atoms with Crippen molar-refractivity contribution in [2.75, 3.05) is 4.03 Å². The molecule has 0 heterocycles. The topological polar surface area (TPSA) is 29.3 Å². The zero-order valence-electron chi connectivity index (χ0n) is 6.75. The van der Waals surface area contributed by atoms with E-state index in [1.165, 1.54) is 12.1 Å². The van der Waals surface area contributed by atoms with E-state index in [0.29, 0.717) is 0 Å². The van der Waals surface area contributed by atoms with Gasteiger partial charge in [0.05, 0.1) is 27.4 Å². The first-order chi connectivity index (χ1) is 5.91. The van der Waals surface area contributed by atoms with Gasteiger partial charge in [-0.3, -0.25) is 0 Å². The molecule has 0 atom stereocenters. The maximum atomic E-state index is 12.2. The lowest BCUT2D eigenvalue weighted by Gasteiger charge is -2.12. The Balaban J connectivity index is 0.00000169. The highest BCUT2D eigenvalue weighted by molar-refractivity contribution is 9.10. The molecule has 0 saturated heterocycles. The van der Waals surface area contributed by atoms with Crippen molar-refractivity contribution in [3.8, 4) is 0 Å². The SMILES string of the molecule is Cl.NN(Br)c1cccc(C(F)(F)F)c1. The molecule has 1 aromatic carbocycles. The second-order valence-corrected chi connectivity index (χ2v) is 3.12. The first-order valence-electron chi connectivity index (χ1n) is 3.29. The van der Waals surface area contributed by atoms with E-state index in [2.05, 4.69) is 16.1 Å². The van der Waals surface area contributed by atoms with E-state index in [9.17, 15) is 13.2 Å². The van der Waals surface area contributed by atoms with Crippen LogP contribution in [0.2, 0.25) is 0 Å². The van der Waals surface area contributed by atoms with Gasteiger partial charge in [0, 0.05) is 0 Å². The molecule has 80 valence electrons. The second kappa shape index (κ2) is 4.86. The van der Waals surface area contributed by atoms with Crippen molar-refractivity contribution < 1.29 is 13.2 Å². The maximum Gasteiger partial charge on any atom is 0.416 e. The van der Waals surface area contributed by atoms with Crippen LogP contribution in [0.4, 0.5) is 18.9 Å². The average molecular weight is 291 g/mol. The third kappa shape index (κ3) is 3.36. The molecule has 0 unspecified atom stereocenters. The number of benzene rings is 1. The minimum absolute atomic E-state index is 0. The number of anilines is 1. The van der Waals surface area contributed by atoms with Gasteiger partial charge in [0.2, 0.25) is 0 Å². The van der Waals surface area contributed by atoms with Crippen molar-refractivity contribution in [2.45, 2.75) is 6.18 Å². The predicted octanol–water partition coefficient (Wildman–Crippen LogP) is 3.12. The van der Waals surface area contributed by atoms with Crippen molar-refractivity contribution in [1.29, 1.82) is 0 Å². The van der Waals surface area contributed by atoms with Crippen molar-refractivity contribution in [3.05, 3.63) is 29.8 Å². The Hall–Kier alpha value is -0.460. The number of nitrogens with zero attached hydrogens (tertiary/aromatic N) is 1. The molecule has 0 fully saturated rings. The summed E-state index contributed by atoms with van der Waals surface area (Å²) in [6, 6.07) is 4.69. The molecule has 0 radical (unpaired) electrons. The fourth-order valence-electron chi connectivity index (χ4n) is 0.815. The lowest BCUT2D eigenvalue weighted by Crippen LogP contribution is -2.18. The lowest BCUT2D eigenvalue weighted by atomic mass is 10.2. The van der Waals surface area contributed by atoms with E-state index in [1.807, 2.05) is 0 Å². The summed E-state index contributed by atoms with van der Waals surface area (Å²) in [4.78, 5) is 0. The van der Waals surface area contributed by atoms with Crippen molar-refractivity contribution in [3.63, 3.8) is 0 Å². The average Bonchev–Trinajstić information content (AvgIpc) is 2.03. The molecule has 1 aromatic rings. The minimum atomic E-state index is -4.33. The van der Waals surface area contributed by atoms with E-state index in [0.717, 1.165) is 16.2 Å². The summed E-state index contributed by atoms with van der Waals surface area (Å²) in [7, 11) is 0. The van der Waals surface area contributed by atoms with E-state index in [-0.39, 0.29) is 18.1 Å². The smallest absolute Gasteiger partial charge is 0.245 e.